The highest BCUT2D eigenvalue weighted by Crippen LogP contribution is 2.53. The number of fused-ring (bicyclic) bond motifs is 6. The van der Waals surface area contributed by atoms with Crippen LogP contribution in [-0.2, 0) is 19.5 Å². The Morgan fingerprint density at radius 2 is 1.51 bits per heavy atom. The number of hydrogen-bond donors (Lipinski definition) is 0. The van der Waals surface area contributed by atoms with Crippen molar-refractivity contribution in [2.24, 2.45) is 5.92 Å². The van der Waals surface area contributed by atoms with E-state index in [2.05, 4.69) is 107 Å². The fourth-order valence-corrected chi connectivity index (χ4v) is 7.71. The van der Waals surface area contributed by atoms with Crippen LogP contribution in [0.15, 0.2) is 78.9 Å². The molecule has 7 rings (SSSR count). The van der Waals surface area contributed by atoms with Crippen LogP contribution in [0.25, 0.3) is 11.0 Å². The highest BCUT2D eigenvalue weighted by molar-refractivity contribution is 5.72. The van der Waals surface area contributed by atoms with Gasteiger partial charge in [0.1, 0.15) is 12.3 Å². The van der Waals surface area contributed by atoms with E-state index < -0.39 is 0 Å². The summed E-state index contributed by atoms with van der Waals surface area (Å²) in [5.74, 6) is 4.66. The van der Waals surface area contributed by atoms with Crippen molar-refractivity contribution in [1.82, 2.24) is 4.57 Å². The molecule has 234 valence electrons. The molecule has 0 radical (unpaired) electrons. The molecule has 2 aliphatic rings. The SMILES string of the molecule is COc1cc2c(cc1OC)[C@@H]1c3cccc(OC)c3N(CCCn3c(C)[n+](Cc4ccc(C)cc4)c4ccccc43)C[C@@H]1C2.[Br-]. The van der Waals surface area contributed by atoms with Crippen molar-refractivity contribution >= 4 is 16.7 Å². The lowest BCUT2D eigenvalue weighted by Crippen LogP contribution is -3.00. The Kier molecular flexibility index (Phi) is 8.82. The van der Waals surface area contributed by atoms with E-state index in [1.165, 1.54) is 50.4 Å². The van der Waals surface area contributed by atoms with Gasteiger partial charge < -0.3 is 36.1 Å². The molecule has 0 amide bonds. The van der Waals surface area contributed by atoms with Gasteiger partial charge in [-0.25, -0.2) is 9.13 Å². The number of benzene rings is 4. The van der Waals surface area contributed by atoms with Crippen LogP contribution >= 0.6 is 0 Å². The lowest BCUT2D eigenvalue weighted by Gasteiger charge is -2.39. The first kappa shape index (κ1) is 31.0. The molecule has 2 heterocycles. The van der Waals surface area contributed by atoms with E-state index in [0.29, 0.717) is 11.8 Å². The fraction of sp³-hybridized carbons (Fsp3) is 0.342. The average molecular weight is 669 g/mol. The number of ether oxygens (including phenoxy) is 3. The zero-order valence-corrected chi connectivity index (χ0v) is 28.4. The molecule has 1 aliphatic carbocycles. The molecule has 0 saturated carbocycles. The maximum atomic E-state index is 5.97. The van der Waals surface area contributed by atoms with Gasteiger partial charge in [0.2, 0.25) is 0 Å². The Morgan fingerprint density at radius 3 is 2.27 bits per heavy atom. The van der Waals surface area contributed by atoms with Crippen LogP contribution in [0.1, 0.15) is 46.0 Å². The number of aromatic nitrogens is 2. The van der Waals surface area contributed by atoms with Crippen LogP contribution < -0.4 is 40.7 Å². The lowest BCUT2D eigenvalue weighted by atomic mass is 9.81. The van der Waals surface area contributed by atoms with Gasteiger partial charge in [-0.2, -0.15) is 0 Å². The summed E-state index contributed by atoms with van der Waals surface area (Å²) < 4.78 is 22.3. The van der Waals surface area contributed by atoms with E-state index in [1.54, 1.807) is 21.3 Å². The summed E-state index contributed by atoms with van der Waals surface area (Å²) in [4.78, 5) is 2.58. The van der Waals surface area contributed by atoms with Gasteiger partial charge in [0.25, 0.3) is 5.82 Å². The van der Waals surface area contributed by atoms with Crippen molar-refractivity contribution in [2.45, 2.75) is 45.7 Å². The number of halogens is 1. The fourth-order valence-electron chi connectivity index (χ4n) is 7.71. The second-order valence-corrected chi connectivity index (χ2v) is 12.3. The molecule has 1 aromatic heterocycles. The molecule has 0 saturated heterocycles. The van der Waals surface area contributed by atoms with Crippen molar-refractivity contribution < 1.29 is 35.8 Å². The third-order valence-electron chi connectivity index (χ3n) is 9.81. The minimum absolute atomic E-state index is 0. The van der Waals surface area contributed by atoms with Gasteiger partial charge in [-0.05, 0) is 71.8 Å². The largest absolute Gasteiger partial charge is 1.00 e. The first-order valence-electron chi connectivity index (χ1n) is 15.7. The van der Waals surface area contributed by atoms with E-state index in [9.17, 15) is 0 Å². The predicted octanol–water partition coefficient (Wildman–Crippen LogP) is 3.84. The Morgan fingerprint density at radius 1 is 0.778 bits per heavy atom. The van der Waals surface area contributed by atoms with Gasteiger partial charge in [-0.3, -0.25) is 0 Å². The minimum Gasteiger partial charge on any atom is -1.00 e. The minimum atomic E-state index is 0. The van der Waals surface area contributed by atoms with Crippen molar-refractivity contribution in [3.63, 3.8) is 0 Å². The molecule has 4 aromatic carbocycles. The lowest BCUT2D eigenvalue weighted by molar-refractivity contribution is -0.669. The molecule has 5 aromatic rings. The Labute approximate surface area is 276 Å². The van der Waals surface area contributed by atoms with Crippen molar-refractivity contribution in [3.05, 3.63) is 113 Å². The maximum absolute atomic E-state index is 5.97. The van der Waals surface area contributed by atoms with E-state index >= 15 is 0 Å². The van der Waals surface area contributed by atoms with Crippen LogP contribution in [0, 0.1) is 19.8 Å². The smallest absolute Gasteiger partial charge is 0.254 e. The molecule has 45 heavy (non-hydrogen) atoms. The number of anilines is 1. The normalized spacial score (nSPS) is 16.5. The van der Waals surface area contributed by atoms with Crippen molar-refractivity contribution in [2.75, 3.05) is 39.3 Å². The molecule has 0 spiro atoms. The average Bonchev–Trinajstić information content (AvgIpc) is 3.54. The number of methoxy groups -OCH3 is 3. The number of aryl methyl sites for hydroxylation is 2. The molecule has 1 aliphatic heterocycles. The third kappa shape index (κ3) is 5.45. The predicted molar refractivity (Wildman–Crippen MR) is 176 cm³/mol. The number of hydrogen-bond acceptors (Lipinski definition) is 4. The molecule has 0 bridgehead atoms. The van der Waals surface area contributed by atoms with Gasteiger partial charge in [-0.15, -0.1) is 0 Å². The Balaban J connectivity index is 0.00000357. The summed E-state index contributed by atoms with van der Waals surface area (Å²) in [6.45, 7) is 8.19. The zero-order valence-electron chi connectivity index (χ0n) is 26.8. The summed E-state index contributed by atoms with van der Waals surface area (Å²) in [6.07, 6.45) is 2.07. The molecule has 7 heteroatoms. The van der Waals surface area contributed by atoms with E-state index in [0.717, 1.165) is 56.3 Å². The number of nitrogens with zero attached hydrogens (tertiary/aromatic N) is 3. The molecular formula is C38H42BrN3O3. The highest BCUT2D eigenvalue weighted by atomic mass is 79.9. The number of para-hydroxylation sites is 3. The van der Waals surface area contributed by atoms with E-state index in [4.69, 9.17) is 14.2 Å². The van der Waals surface area contributed by atoms with Crippen molar-refractivity contribution in [1.29, 1.82) is 0 Å². The van der Waals surface area contributed by atoms with Crippen molar-refractivity contribution in [3.8, 4) is 17.2 Å². The van der Waals surface area contributed by atoms with Crippen LogP contribution in [0.5, 0.6) is 17.2 Å². The van der Waals surface area contributed by atoms with Crippen LogP contribution in [0.2, 0.25) is 0 Å². The second-order valence-electron chi connectivity index (χ2n) is 12.3. The Bertz CT molecular complexity index is 1830. The highest BCUT2D eigenvalue weighted by Gasteiger charge is 2.42. The van der Waals surface area contributed by atoms with Crippen LogP contribution in [0.3, 0.4) is 0 Å². The van der Waals surface area contributed by atoms with Gasteiger partial charge >= 0.3 is 0 Å². The quantitative estimate of drug-likeness (QED) is 0.224. The topological polar surface area (TPSA) is 39.7 Å². The molecule has 6 nitrogen and oxygen atoms in total. The van der Waals surface area contributed by atoms with Gasteiger partial charge in [0.15, 0.2) is 22.5 Å². The zero-order chi connectivity index (χ0) is 30.4. The second kappa shape index (κ2) is 12.8. The summed E-state index contributed by atoms with van der Waals surface area (Å²) in [5.41, 5.74) is 10.5. The van der Waals surface area contributed by atoms with Gasteiger partial charge in [-0.1, -0.05) is 54.1 Å². The standard InChI is InChI=1S/C38H42N3O3.BrH/c1-25-14-16-27(17-15-25)23-41-26(2)40(32-11-6-7-12-33(32)41)19-9-18-39-24-29-20-28-21-35(43-4)36(44-5)22-31(28)37(29)30-10-8-13-34(42-3)38(30)39;/h6-8,10-17,21-22,29,37H,9,18-20,23-24H2,1-5H3;1H/q+1;/p-1/t29-,37-;/m0./s1. The monoisotopic (exact) mass is 667 g/mol. The van der Waals surface area contributed by atoms with Crippen LogP contribution in [-0.4, -0.2) is 39.0 Å². The van der Waals surface area contributed by atoms with E-state index in [1.807, 2.05) is 0 Å². The van der Waals surface area contributed by atoms with Crippen LogP contribution in [0.4, 0.5) is 5.69 Å². The molecular weight excluding hydrogens is 626 g/mol. The van der Waals surface area contributed by atoms with Gasteiger partial charge in [0.05, 0.1) is 33.6 Å². The maximum Gasteiger partial charge on any atom is 0.254 e. The summed E-state index contributed by atoms with van der Waals surface area (Å²) in [5, 5.41) is 0. The first-order chi connectivity index (χ1) is 21.5. The third-order valence-corrected chi connectivity index (χ3v) is 9.81. The summed E-state index contributed by atoms with van der Waals surface area (Å²) in [6, 6.07) is 28.6. The molecule has 0 N–H and O–H groups in total. The Hall–Kier alpha value is -3.97. The summed E-state index contributed by atoms with van der Waals surface area (Å²) in [7, 11) is 5.22. The molecule has 0 unspecified atom stereocenters. The van der Waals surface area contributed by atoms with E-state index in [-0.39, 0.29) is 17.0 Å². The number of imidazole rings is 1. The number of rotatable bonds is 9. The molecule has 2 atom stereocenters. The molecule has 0 fully saturated rings. The summed E-state index contributed by atoms with van der Waals surface area (Å²) >= 11 is 0. The first-order valence-corrected chi connectivity index (χ1v) is 15.7. The van der Waals surface area contributed by atoms with Gasteiger partial charge in [0, 0.05) is 32.4 Å².